The Morgan fingerprint density at radius 2 is 2.00 bits per heavy atom. The SMILES string of the molecule is O=C(O)C(=O)C[C@H](O)CCl. The first-order valence-electron chi connectivity index (χ1n) is 2.58. The van der Waals surface area contributed by atoms with Crippen LogP contribution in [0.15, 0.2) is 0 Å². The molecule has 0 spiro atoms. The average molecular weight is 167 g/mol. The minimum Gasteiger partial charge on any atom is -0.475 e. The van der Waals surface area contributed by atoms with E-state index < -0.39 is 24.3 Å². The molecule has 58 valence electrons. The minimum atomic E-state index is -1.54. The highest BCUT2D eigenvalue weighted by molar-refractivity contribution is 6.32. The fourth-order valence-electron chi connectivity index (χ4n) is 0.356. The first-order chi connectivity index (χ1) is 4.57. The number of ketones is 1. The molecule has 10 heavy (non-hydrogen) atoms. The summed E-state index contributed by atoms with van der Waals surface area (Å²) < 4.78 is 0. The van der Waals surface area contributed by atoms with E-state index in [-0.39, 0.29) is 5.88 Å². The van der Waals surface area contributed by atoms with Crippen LogP contribution in [0.4, 0.5) is 0 Å². The fraction of sp³-hybridized carbons (Fsp3) is 0.600. The van der Waals surface area contributed by atoms with Gasteiger partial charge >= 0.3 is 5.97 Å². The van der Waals surface area contributed by atoms with E-state index in [0.717, 1.165) is 0 Å². The van der Waals surface area contributed by atoms with E-state index in [2.05, 4.69) is 0 Å². The molecule has 0 fully saturated rings. The van der Waals surface area contributed by atoms with Crippen molar-refractivity contribution in [1.82, 2.24) is 0 Å². The third kappa shape index (κ3) is 3.42. The maximum Gasteiger partial charge on any atom is 0.372 e. The lowest BCUT2D eigenvalue weighted by atomic mass is 10.2. The van der Waals surface area contributed by atoms with Crippen LogP contribution in [0, 0.1) is 0 Å². The fourth-order valence-corrected chi connectivity index (χ4v) is 0.465. The van der Waals surface area contributed by atoms with Gasteiger partial charge in [-0.15, -0.1) is 11.6 Å². The van der Waals surface area contributed by atoms with E-state index >= 15 is 0 Å². The third-order valence-electron chi connectivity index (χ3n) is 0.838. The second-order valence-corrected chi connectivity index (χ2v) is 2.05. The second kappa shape index (κ2) is 4.24. The van der Waals surface area contributed by atoms with Crippen molar-refractivity contribution in [1.29, 1.82) is 0 Å². The summed E-state index contributed by atoms with van der Waals surface area (Å²) in [6.07, 6.45) is -1.47. The maximum atomic E-state index is 10.3. The number of aliphatic hydroxyl groups excluding tert-OH is 1. The molecular formula is C5H7ClO4. The highest BCUT2D eigenvalue weighted by Crippen LogP contribution is 1.95. The molecule has 0 unspecified atom stereocenters. The second-order valence-electron chi connectivity index (χ2n) is 1.74. The zero-order valence-electron chi connectivity index (χ0n) is 5.08. The number of carboxylic acid groups (broad SMARTS) is 1. The van der Waals surface area contributed by atoms with E-state index in [0.29, 0.717) is 0 Å². The van der Waals surface area contributed by atoms with Gasteiger partial charge in [0, 0.05) is 12.3 Å². The molecule has 0 bridgehead atoms. The number of halogens is 1. The van der Waals surface area contributed by atoms with E-state index in [9.17, 15) is 9.59 Å². The number of carboxylic acids is 1. The Kier molecular flexibility index (Phi) is 3.99. The van der Waals surface area contributed by atoms with Gasteiger partial charge in [-0.25, -0.2) is 4.79 Å². The number of carbonyl (C=O) groups is 2. The Labute approximate surface area is 62.4 Å². The van der Waals surface area contributed by atoms with Crippen LogP contribution in [0.1, 0.15) is 6.42 Å². The molecule has 0 aromatic heterocycles. The van der Waals surface area contributed by atoms with Crippen molar-refractivity contribution in [2.24, 2.45) is 0 Å². The zero-order valence-corrected chi connectivity index (χ0v) is 5.84. The molecular weight excluding hydrogens is 160 g/mol. The lowest BCUT2D eigenvalue weighted by molar-refractivity contribution is -0.149. The van der Waals surface area contributed by atoms with Crippen molar-refractivity contribution in [2.75, 3.05) is 5.88 Å². The van der Waals surface area contributed by atoms with Gasteiger partial charge in [-0.1, -0.05) is 0 Å². The number of rotatable bonds is 4. The summed E-state index contributed by atoms with van der Waals surface area (Å²) in [4.78, 5) is 20.1. The normalized spacial score (nSPS) is 12.6. The van der Waals surface area contributed by atoms with Gasteiger partial charge in [0.05, 0.1) is 6.10 Å². The number of hydrogen-bond acceptors (Lipinski definition) is 3. The molecule has 0 aromatic rings. The minimum absolute atomic E-state index is 0.126. The van der Waals surface area contributed by atoms with Crippen LogP contribution in [0.5, 0.6) is 0 Å². The van der Waals surface area contributed by atoms with Crippen molar-refractivity contribution in [3.63, 3.8) is 0 Å². The van der Waals surface area contributed by atoms with Crippen molar-refractivity contribution in [3.8, 4) is 0 Å². The van der Waals surface area contributed by atoms with E-state index in [1.165, 1.54) is 0 Å². The molecule has 0 amide bonds. The lowest BCUT2D eigenvalue weighted by Gasteiger charge is -2.00. The van der Waals surface area contributed by atoms with Gasteiger partial charge in [0.15, 0.2) is 0 Å². The molecule has 5 heteroatoms. The van der Waals surface area contributed by atoms with E-state index in [1.807, 2.05) is 0 Å². The van der Waals surface area contributed by atoms with E-state index in [1.54, 1.807) is 0 Å². The van der Waals surface area contributed by atoms with Crippen molar-refractivity contribution >= 4 is 23.4 Å². The summed E-state index contributed by atoms with van der Waals surface area (Å²) >= 11 is 5.11. The lowest BCUT2D eigenvalue weighted by Crippen LogP contribution is -2.21. The van der Waals surface area contributed by atoms with Gasteiger partial charge in [0.1, 0.15) is 0 Å². The summed E-state index contributed by atoms with van der Waals surface area (Å²) in [5.41, 5.74) is 0. The molecule has 0 rings (SSSR count). The molecule has 0 aliphatic rings. The van der Waals surface area contributed by atoms with Crippen LogP contribution in [0.2, 0.25) is 0 Å². The van der Waals surface area contributed by atoms with Crippen LogP contribution >= 0.6 is 11.6 Å². The molecule has 0 saturated heterocycles. The number of carbonyl (C=O) groups excluding carboxylic acids is 1. The largest absolute Gasteiger partial charge is 0.475 e. The first kappa shape index (κ1) is 9.39. The van der Waals surface area contributed by atoms with Crippen molar-refractivity contribution in [2.45, 2.75) is 12.5 Å². The number of aliphatic hydroxyl groups is 1. The summed E-state index contributed by atoms with van der Waals surface area (Å²) in [7, 11) is 0. The molecule has 4 nitrogen and oxygen atoms in total. The standard InChI is InChI=1S/C5H7ClO4/c6-2-3(7)1-4(8)5(9)10/h3,7H,1-2H2,(H,9,10)/t3-/m0/s1. The van der Waals surface area contributed by atoms with E-state index in [4.69, 9.17) is 21.8 Å². The quantitative estimate of drug-likeness (QED) is 0.442. The first-order valence-corrected chi connectivity index (χ1v) is 3.11. The van der Waals surface area contributed by atoms with Crippen LogP contribution in [-0.4, -0.2) is 33.9 Å². The maximum absolute atomic E-state index is 10.3. The van der Waals surface area contributed by atoms with Gasteiger partial charge in [0.2, 0.25) is 5.78 Å². The Morgan fingerprint density at radius 1 is 1.50 bits per heavy atom. The molecule has 1 atom stereocenters. The summed E-state index contributed by atoms with van der Waals surface area (Å²) in [6.45, 7) is 0. The molecule has 0 heterocycles. The summed E-state index contributed by atoms with van der Waals surface area (Å²) in [5.74, 6) is -2.68. The zero-order chi connectivity index (χ0) is 8.15. The van der Waals surface area contributed by atoms with Gasteiger partial charge in [-0.2, -0.15) is 0 Å². The molecule has 0 radical (unpaired) electrons. The van der Waals surface area contributed by atoms with Gasteiger partial charge in [-0.05, 0) is 0 Å². The number of hydrogen-bond donors (Lipinski definition) is 2. The highest BCUT2D eigenvalue weighted by Gasteiger charge is 2.15. The molecule has 2 N–H and O–H groups in total. The predicted octanol–water partition coefficient (Wildman–Crippen LogP) is -0.370. The summed E-state index contributed by atoms with van der Waals surface area (Å²) in [5, 5.41) is 16.7. The van der Waals surface area contributed by atoms with Crippen LogP contribution in [0.25, 0.3) is 0 Å². The molecule has 0 aliphatic carbocycles. The molecule has 0 aromatic carbocycles. The Bertz CT molecular complexity index is 145. The topological polar surface area (TPSA) is 74.6 Å². The van der Waals surface area contributed by atoms with Gasteiger partial charge in [-0.3, -0.25) is 4.79 Å². The summed E-state index contributed by atoms with van der Waals surface area (Å²) in [6, 6.07) is 0. The Morgan fingerprint density at radius 3 is 2.30 bits per heavy atom. The predicted molar refractivity (Wildman–Crippen MR) is 34.0 cm³/mol. The van der Waals surface area contributed by atoms with Crippen LogP contribution in [-0.2, 0) is 9.59 Å². The third-order valence-corrected chi connectivity index (χ3v) is 1.19. The Balaban J connectivity index is 3.68. The Hall–Kier alpha value is -0.610. The number of Topliss-reactive ketones (excluding diaryl/α,β-unsaturated/α-hetero) is 1. The molecule has 0 saturated carbocycles. The monoisotopic (exact) mass is 166 g/mol. The smallest absolute Gasteiger partial charge is 0.372 e. The van der Waals surface area contributed by atoms with Gasteiger partial charge in [0.25, 0.3) is 0 Å². The van der Waals surface area contributed by atoms with Crippen LogP contribution in [0.3, 0.4) is 0 Å². The number of aliphatic carboxylic acids is 1. The van der Waals surface area contributed by atoms with Crippen molar-refractivity contribution in [3.05, 3.63) is 0 Å². The van der Waals surface area contributed by atoms with Crippen molar-refractivity contribution < 1.29 is 19.8 Å². The van der Waals surface area contributed by atoms with Gasteiger partial charge < -0.3 is 10.2 Å². The molecule has 0 aliphatic heterocycles. The average Bonchev–Trinajstić information content (AvgIpc) is 1.87. The number of alkyl halides is 1. The van der Waals surface area contributed by atoms with Crippen LogP contribution < -0.4 is 0 Å². The highest BCUT2D eigenvalue weighted by atomic mass is 35.5.